The van der Waals surface area contributed by atoms with Crippen LogP contribution in [-0.2, 0) is 5.75 Å². The number of aryl methyl sites for hydroxylation is 1. The van der Waals surface area contributed by atoms with Gasteiger partial charge in [0, 0.05) is 10.6 Å². The van der Waals surface area contributed by atoms with E-state index in [1.54, 1.807) is 25.1 Å². The van der Waals surface area contributed by atoms with Crippen LogP contribution < -0.4 is 4.74 Å². The second kappa shape index (κ2) is 5.65. The highest BCUT2D eigenvalue weighted by Crippen LogP contribution is 2.28. The van der Waals surface area contributed by atoms with Crippen molar-refractivity contribution in [2.75, 3.05) is 7.11 Å². The quantitative estimate of drug-likeness (QED) is 0.784. The number of furan rings is 1. The molecule has 0 aliphatic rings. The highest BCUT2D eigenvalue weighted by molar-refractivity contribution is 7.98. The van der Waals surface area contributed by atoms with Crippen LogP contribution in [0, 0.1) is 18.3 Å². The monoisotopic (exact) mass is 259 g/mol. The molecule has 1 aromatic heterocycles. The Morgan fingerprint density at radius 2 is 2.22 bits per heavy atom. The SMILES string of the molecule is COc1ccc(CSc2ccoc2C)cc1C#N. The summed E-state index contributed by atoms with van der Waals surface area (Å²) in [7, 11) is 1.57. The second-order valence-electron chi connectivity index (χ2n) is 3.78. The van der Waals surface area contributed by atoms with Gasteiger partial charge in [-0.1, -0.05) is 6.07 Å². The minimum Gasteiger partial charge on any atom is -0.495 e. The zero-order chi connectivity index (χ0) is 13.0. The van der Waals surface area contributed by atoms with Crippen LogP contribution in [0.1, 0.15) is 16.9 Å². The predicted octanol–water partition coefficient (Wildman–Crippen LogP) is 3.76. The van der Waals surface area contributed by atoms with E-state index in [0.717, 1.165) is 22.0 Å². The number of hydrogen-bond donors (Lipinski definition) is 0. The lowest BCUT2D eigenvalue weighted by Gasteiger charge is -2.05. The topological polar surface area (TPSA) is 46.2 Å². The third-order valence-corrected chi connectivity index (χ3v) is 3.80. The third kappa shape index (κ3) is 2.69. The molecule has 0 aliphatic carbocycles. The Hall–Kier alpha value is -1.86. The van der Waals surface area contributed by atoms with Gasteiger partial charge in [-0.05, 0) is 30.7 Å². The number of benzene rings is 1. The molecule has 0 spiro atoms. The van der Waals surface area contributed by atoms with Crippen molar-refractivity contribution >= 4 is 11.8 Å². The maximum absolute atomic E-state index is 9.02. The van der Waals surface area contributed by atoms with Crippen LogP contribution in [0.15, 0.2) is 39.8 Å². The van der Waals surface area contributed by atoms with Crippen molar-refractivity contribution in [3.05, 3.63) is 47.4 Å². The molecule has 0 bridgehead atoms. The fourth-order valence-corrected chi connectivity index (χ4v) is 2.52. The van der Waals surface area contributed by atoms with Gasteiger partial charge in [0.1, 0.15) is 17.6 Å². The Morgan fingerprint density at radius 1 is 1.39 bits per heavy atom. The summed E-state index contributed by atoms with van der Waals surface area (Å²) >= 11 is 1.70. The summed E-state index contributed by atoms with van der Waals surface area (Å²) in [5.74, 6) is 2.35. The van der Waals surface area contributed by atoms with Gasteiger partial charge in [-0.3, -0.25) is 0 Å². The zero-order valence-corrected chi connectivity index (χ0v) is 11.1. The Labute approximate surface area is 110 Å². The Bertz CT molecular complexity index is 584. The summed E-state index contributed by atoms with van der Waals surface area (Å²) in [6, 6.07) is 9.76. The van der Waals surface area contributed by atoms with Crippen molar-refractivity contribution in [3.8, 4) is 11.8 Å². The molecule has 4 heteroatoms. The first kappa shape index (κ1) is 12.6. The number of nitrogens with zero attached hydrogens (tertiary/aromatic N) is 1. The second-order valence-corrected chi connectivity index (χ2v) is 4.79. The molecule has 0 saturated heterocycles. The molecule has 0 aliphatic heterocycles. The van der Waals surface area contributed by atoms with Gasteiger partial charge in [0.25, 0.3) is 0 Å². The number of rotatable bonds is 4. The van der Waals surface area contributed by atoms with Crippen LogP contribution in [-0.4, -0.2) is 7.11 Å². The van der Waals surface area contributed by atoms with E-state index in [1.807, 2.05) is 31.2 Å². The van der Waals surface area contributed by atoms with Gasteiger partial charge in [0.05, 0.1) is 18.9 Å². The molecule has 0 atom stereocenters. The largest absolute Gasteiger partial charge is 0.495 e. The van der Waals surface area contributed by atoms with Gasteiger partial charge in [-0.15, -0.1) is 11.8 Å². The average Bonchev–Trinajstić information content (AvgIpc) is 2.81. The lowest BCUT2D eigenvalue weighted by molar-refractivity contribution is 0.413. The van der Waals surface area contributed by atoms with Gasteiger partial charge in [-0.25, -0.2) is 0 Å². The van der Waals surface area contributed by atoms with E-state index in [1.165, 1.54) is 0 Å². The van der Waals surface area contributed by atoms with Crippen molar-refractivity contribution in [1.82, 2.24) is 0 Å². The van der Waals surface area contributed by atoms with E-state index >= 15 is 0 Å². The van der Waals surface area contributed by atoms with E-state index in [9.17, 15) is 0 Å². The standard InChI is InChI=1S/C14H13NO2S/c1-10-14(5-6-17-10)18-9-11-3-4-13(16-2)12(7-11)8-15/h3-7H,9H2,1-2H3. The van der Waals surface area contributed by atoms with E-state index < -0.39 is 0 Å². The van der Waals surface area contributed by atoms with Gasteiger partial charge >= 0.3 is 0 Å². The predicted molar refractivity (Wildman–Crippen MR) is 70.7 cm³/mol. The molecule has 1 heterocycles. The van der Waals surface area contributed by atoms with Crippen molar-refractivity contribution in [3.63, 3.8) is 0 Å². The maximum Gasteiger partial charge on any atom is 0.136 e. The molecule has 1 aromatic carbocycles. The lowest BCUT2D eigenvalue weighted by Crippen LogP contribution is -1.90. The van der Waals surface area contributed by atoms with E-state index in [0.29, 0.717) is 11.3 Å². The number of methoxy groups -OCH3 is 1. The number of thioether (sulfide) groups is 1. The molecule has 2 rings (SSSR count). The maximum atomic E-state index is 9.02. The smallest absolute Gasteiger partial charge is 0.136 e. The number of ether oxygens (including phenoxy) is 1. The molecule has 3 nitrogen and oxygen atoms in total. The molecular weight excluding hydrogens is 246 g/mol. The molecule has 0 radical (unpaired) electrons. The molecule has 0 N–H and O–H groups in total. The van der Waals surface area contributed by atoms with Crippen LogP contribution in [0.4, 0.5) is 0 Å². The van der Waals surface area contributed by atoms with Crippen molar-refractivity contribution in [2.45, 2.75) is 17.6 Å². The highest BCUT2D eigenvalue weighted by atomic mass is 32.2. The first-order valence-corrected chi connectivity index (χ1v) is 6.47. The summed E-state index contributed by atoms with van der Waals surface area (Å²) in [6.45, 7) is 1.94. The van der Waals surface area contributed by atoms with Crippen LogP contribution in [0.2, 0.25) is 0 Å². The fourth-order valence-electron chi connectivity index (χ4n) is 1.62. The molecule has 0 fully saturated rings. The van der Waals surface area contributed by atoms with E-state index in [-0.39, 0.29) is 0 Å². The van der Waals surface area contributed by atoms with Crippen LogP contribution in [0.3, 0.4) is 0 Å². The normalized spacial score (nSPS) is 10.1. The Balaban J connectivity index is 2.11. The fraction of sp³-hybridized carbons (Fsp3) is 0.214. The van der Waals surface area contributed by atoms with Crippen molar-refractivity contribution < 1.29 is 9.15 Å². The molecule has 92 valence electrons. The highest BCUT2D eigenvalue weighted by Gasteiger charge is 2.06. The van der Waals surface area contributed by atoms with Crippen LogP contribution >= 0.6 is 11.8 Å². The molecule has 18 heavy (non-hydrogen) atoms. The Morgan fingerprint density at radius 3 is 2.83 bits per heavy atom. The molecular formula is C14H13NO2S. The summed E-state index contributed by atoms with van der Waals surface area (Å²) < 4.78 is 10.4. The molecule has 0 unspecified atom stereocenters. The Kier molecular flexibility index (Phi) is 3.96. The first-order valence-electron chi connectivity index (χ1n) is 5.48. The zero-order valence-electron chi connectivity index (χ0n) is 10.3. The minimum absolute atomic E-state index is 0.569. The van der Waals surface area contributed by atoms with Crippen LogP contribution in [0.5, 0.6) is 5.75 Å². The van der Waals surface area contributed by atoms with Gasteiger partial charge in [-0.2, -0.15) is 5.26 Å². The van der Waals surface area contributed by atoms with Crippen molar-refractivity contribution in [2.24, 2.45) is 0 Å². The third-order valence-electron chi connectivity index (χ3n) is 2.59. The van der Waals surface area contributed by atoms with Crippen LogP contribution in [0.25, 0.3) is 0 Å². The summed E-state index contributed by atoms with van der Waals surface area (Å²) in [5.41, 5.74) is 1.66. The molecule has 0 amide bonds. The van der Waals surface area contributed by atoms with Gasteiger partial charge in [0.2, 0.25) is 0 Å². The van der Waals surface area contributed by atoms with E-state index in [2.05, 4.69) is 6.07 Å². The number of nitriles is 1. The van der Waals surface area contributed by atoms with Gasteiger partial charge < -0.3 is 9.15 Å². The average molecular weight is 259 g/mol. The summed E-state index contributed by atoms with van der Waals surface area (Å²) in [5, 5.41) is 9.02. The summed E-state index contributed by atoms with van der Waals surface area (Å²) in [6.07, 6.45) is 1.69. The minimum atomic E-state index is 0.569. The van der Waals surface area contributed by atoms with E-state index in [4.69, 9.17) is 14.4 Å². The van der Waals surface area contributed by atoms with Gasteiger partial charge in [0.15, 0.2) is 0 Å². The number of hydrogen-bond acceptors (Lipinski definition) is 4. The molecule has 2 aromatic rings. The summed E-state index contributed by atoms with van der Waals surface area (Å²) in [4.78, 5) is 1.13. The first-order chi connectivity index (χ1) is 8.74. The van der Waals surface area contributed by atoms with Crippen molar-refractivity contribution in [1.29, 1.82) is 5.26 Å². The molecule has 0 saturated carbocycles. The lowest BCUT2D eigenvalue weighted by atomic mass is 10.1.